The summed E-state index contributed by atoms with van der Waals surface area (Å²) < 4.78 is 10.8. The molecular formula is C23H19NO3. The minimum absolute atomic E-state index is 0.358. The molecule has 1 unspecified atom stereocenters. The van der Waals surface area contributed by atoms with Crippen molar-refractivity contribution in [2.75, 3.05) is 7.11 Å². The number of benzene rings is 3. The van der Waals surface area contributed by atoms with Crippen LogP contribution in [0.15, 0.2) is 89.9 Å². The predicted octanol–water partition coefficient (Wildman–Crippen LogP) is 4.14. The van der Waals surface area contributed by atoms with E-state index in [0.717, 1.165) is 22.4 Å². The molecule has 0 aliphatic carbocycles. The monoisotopic (exact) mass is 357 g/mol. The van der Waals surface area contributed by atoms with Crippen molar-refractivity contribution in [3.63, 3.8) is 0 Å². The maximum Gasteiger partial charge on any atom is 0.345 e. The van der Waals surface area contributed by atoms with Crippen LogP contribution in [0.2, 0.25) is 0 Å². The van der Waals surface area contributed by atoms with Crippen LogP contribution in [0.3, 0.4) is 0 Å². The molecule has 1 aliphatic heterocycles. The van der Waals surface area contributed by atoms with Crippen LogP contribution >= 0.6 is 0 Å². The lowest BCUT2D eigenvalue weighted by Crippen LogP contribution is -2.33. The second-order valence-corrected chi connectivity index (χ2v) is 6.42. The molecule has 27 heavy (non-hydrogen) atoms. The quantitative estimate of drug-likeness (QED) is 0.645. The summed E-state index contributed by atoms with van der Waals surface area (Å²) in [6.45, 7) is 0. The van der Waals surface area contributed by atoms with Gasteiger partial charge in [0.15, 0.2) is 5.54 Å². The highest BCUT2D eigenvalue weighted by Crippen LogP contribution is 2.37. The first-order valence-electron chi connectivity index (χ1n) is 8.77. The summed E-state index contributed by atoms with van der Waals surface area (Å²) >= 11 is 0. The van der Waals surface area contributed by atoms with Crippen molar-refractivity contribution < 1.29 is 14.3 Å². The third kappa shape index (κ3) is 3.22. The molecule has 4 nitrogen and oxygen atoms in total. The molecule has 0 bridgehead atoms. The lowest BCUT2D eigenvalue weighted by atomic mass is 9.84. The zero-order chi connectivity index (χ0) is 18.7. The molecule has 0 amide bonds. The number of nitrogens with zero attached hydrogens (tertiary/aromatic N) is 1. The number of hydrogen-bond acceptors (Lipinski definition) is 4. The highest BCUT2D eigenvalue weighted by molar-refractivity contribution is 6.08. The zero-order valence-electron chi connectivity index (χ0n) is 15.0. The summed E-state index contributed by atoms with van der Waals surface area (Å²) in [7, 11) is 1.63. The van der Waals surface area contributed by atoms with Gasteiger partial charge in [-0.3, -0.25) is 0 Å². The Hall–Kier alpha value is -3.40. The summed E-state index contributed by atoms with van der Waals surface area (Å²) in [6, 6.07) is 26.8. The number of carbonyl (C=O) groups is 1. The van der Waals surface area contributed by atoms with Gasteiger partial charge in [-0.05, 0) is 35.4 Å². The lowest BCUT2D eigenvalue weighted by molar-refractivity contribution is -0.139. The van der Waals surface area contributed by atoms with Crippen molar-refractivity contribution in [1.29, 1.82) is 0 Å². The third-order valence-corrected chi connectivity index (χ3v) is 4.71. The molecule has 0 aromatic heterocycles. The van der Waals surface area contributed by atoms with E-state index in [1.54, 1.807) is 7.11 Å². The van der Waals surface area contributed by atoms with E-state index in [4.69, 9.17) is 14.5 Å². The summed E-state index contributed by atoms with van der Waals surface area (Å²) in [5.74, 6) is 0.774. The van der Waals surface area contributed by atoms with E-state index in [9.17, 15) is 4.79 Å². The second kappa shape index (κ2) is 7.08. The van der Waals surface area contributed by atoms with E-state index in [-0.39, 0.29) is 5.97 Å². The van der Waals surface area contributed by atoms with Gasteiger partial charge < -0.3 is 9.47 Å². The van der Waals surface area contributed by atoms with Crippen LogP contribution in [0.5, 0.6) is 5.75 Å². The molecule has 0 fully saturated rings. The van der Waals surface area contributed by atoms with Crippen molar-refractivity contribution in [2.45, 2.75) is 12.0 Å². The minimum atomic E-state index is -1.10. The zero-order valence-corrected chi connectivity index (χ0v) is 15.0. The summed E-state index contributed by atoms with van der Waals surface area (Å²) in [4.78, 5) is 17.8. The summed E-state index contributed by atoms with van der Waals surface area (Å²) in [5.41, 5.74) is 1.49. The number of carbonyl (C=O) groups excluding carboxylic acids is 1. The topological polar surface area (TPSA) is 47.9 Å². The molecular weight excluding hydrogens is 338 g/mol. The van der Waals surface area contributed by atoms with E-state index in [2.05, 4.69) is 0 Å². The molecule has 0 radical (unpaired) electrons. The van der Waals surface area contributed by atoms with Crippen LogP contribution in [0.1, 0.15) is 16.7 Å². The highest BCUT2D eigenvalue weighted by Gasteiger charge is 2.47. The minimum Gasteiger partial charge on any atom is -0.497 e. The Morgan fingerprint density at radius 1 is 0.889 bits per heavy atom. The Balaban J connectivity index is 1.79. The number of hydrogen-bond donors (Lipinski definition) is 0. The number of esters is 1. The summed E-state index contributed by atoms with van der Waals surface area (Å²) in [6.07, 6.45) is 0.413. The maximum absolute atomic E-state index is 13.0. The molecule has 4 heteroatoms. The largest absolute Gasteiger partial charge is 0.497 e. The Bertz CT molecular complexity index is 966. The second-order valence-electron chi connectivity index (χ2n) is 6.42. The van der Waals surface area contributed by atoms with Crippen LogP contribution in [-0.4, -0.2) is 19.0 Å². The van der Waals surface area contributed by atoms with Gasteiger partial charge in [-0.1, -0.05) is 60.7 Å². The SMILES string of the molecule is COc1ccc(CC2(c3ccccc3)N=C(c3ccccc3)OC2=O)cc1. The van der Waals surface area contributed by atoms with Crippen molar-refractivity contribution in [3.8, 4) is 5.75 Å². The van der Waals surface area contributed by atoms with E-state index in [1.807, 2.05) is 84.9 Å². The number of cyclic esters (lactones) is 1. The molecule has 3 aromatic carbocycles. The fourth-order valence-corrected chi connectivity index (χ4v) is 3.27. The number of aliphatic imine (C=N–C) groups is 1. The van der Waals surface area contributed by atoms with Crippen molar-refractivity contribution >= 4 is 11.9 Å². The van der Waals surface area contributed by atoms with Crippen LogP contribution in [0, 0.1) is 0 Å². The smallest absolute Gasteiger partial charge is 0.345 e. The van der Waals surface area contributed by atoms with Gasteiger partial charge in [0.1, 0.15) is 5.75 Å². The fourth-order valence-electron chi connectivity index (χ4n) is 3.27. The molecule has 0 saturated heterocycles. The Morgan fingerprint density at radius 2 is 1.52 bits per heavy atom. The van der Waals surface area contributed by atoms with Gasteiger partial charge in [0.25, 0.3) is 0 Å². The van der Waals surface area contributed by atoms with Crippen molar-refractivity contribution in [1.82, 2.24) is 0 Å². The Kier molecular flexibility index (Phi) is 4.47. The van der Waals surface area contributed by atoms with Crippen molar-refractivity contribution in [2.24, 2.45) is 4.99 Å². The van der Waals surface area contributed by atoms with Gasteiger partial charge in [-0.25, -0.2) is 9.79 Å². The van der Waals surface area contributed by atoms with Gasteiger partial charge in [0.2, 0.25) is 5.90 Å². The highest BCUT2D eigenvalue weighted by atomic mass is 16.6. The van der Waals surface area contributed by atoms with E-state index in [0.29, 0.717) is 12.3 Å². The Labute approximate surface area is 158 Å². The van der Waals surface area contributed by atoms with Gasteiger partial charge in [-0.15, -0.1) is 0 Å². The van der Waals surface area contributed by atoms with Gasteiger partial charge in [-0.2, -0.15) is 0 Å². The first-order chi connectivity index (χ1) is 13.2. The molecule has 0 N–H and O–H groups in total. The average Bonchev–Trinajstić information content (AvgIpc) is 3.07. The number of methoxy groups -OCH3 is 1. The number of rotatable bonds is 5. The van der Waals surface area contributed by atoms with Crippen LogP contribution in [0.25, 0.3) is 0 Å². The van der Waals surface area contributed by atoms with Crippen LogP contribution in [0.4, 0.5) is 0 Å². The Morgan fingerprint density at radius 3 is 2.15 bits per heavy atom. The molecule has 134 valence electrons. The maximum atomic E-state index is 13.0. The first-order valence-corrected chi connectivity index (χ1v) is 8.77. The molecule has 1 atom stereocenters. The molecule has 0 saturated carbocycles. The molecule has 1 aliphatic rings. The summed E-state index contributed by atoms with van der Waals surface area (Å²) in [5, 5.41) is 0. The molecule has 3 aromatic rings. The molecule has 0 spiro atoms. The van der Waals surface area contributed by atoms with Crippen molar-refractivity contribution in [3.05, 3.63) is 102 Å². The first kappa shape index (κ1) is 17.0. The average molecular weight is 357 g/mol. The fraction of sp³-hybridized carbons (Fsp3) is 0.130. The van der Waals surface area contributed by atoms with Crippen LogP contribution in [-0.2, 0) is 21.5 Å². The lowest BCUT2D eigenvalue weighted by Gasteiger charge is -2.22. The number of ether oxygens (including phenoxy) is 2. The molecule has 4 rings (SSSR count). The van der Waals surface area contributed by atoms with Gasteiger partial charge in [0, 0.05) is 12.0 Å². The van der Waals surface area contributed by atoms with E-state index >= 15 is 0 Å². The standard InChI is InChI=1S/C23H19NO3/c1-26-20-14-12-17(13-15-20)16-23(19-10-6-3-7-11-19)22(25)27-21(24-23)18-8-4-2-5-9-18/h2-15H,16H2,1H3. The normalized spacial score (nSPS) is 18.7. The predicted molar refractivity (Wildman–Crippen MR) is 104 cm³/mol. The van der Waals surface area contributed by atoms with E-state index < -0.39 is 5.54 Å². The van der Waals surface area contributed by atoms with E-state index in [1.165, 1.54) is 0 Å². The third-order valence-electron chi connectivity index (χ3n) is 4.71. The van der Waals surface area contributed by atoms with Gasteiger partial charge >= 0.3 is 5.97 Å². The van der Waals surface area contributed by atoms with Gasteiger partial charge in [0.05, 0.1) is 7.11 Å². The molecule has 1 heterocycles. The van der Waals surface area contributed by atoms with Crippen LogP contribution < -0.4 is 4.74 Å².